The van der Waals surface area contributed by atoms with E-state index in [-0.39, 0.29) is 23.1 Å². The van der Waals surface area contributed by atoms with Crippen molar-refractivity contribution in [1.29, 1.82) is 0 Å². The summed E-state index contributed by atoms with van der Waals surface area (Å²) in [5.74, 6) is -3.61. The monoisotopic (exact) mass is 226 g/mol. The zero-order valence-electron chi connectivity index (χ0n) is 7.22. The summed E-state index contributed by atoms with van der Waals surface area (Å²) in [7, 11) is 0. The van der Waals surface area contributed by atoms with Crippen molar-refractivity contribution in [1.82, 2.24) is 0 Å². The lowest BCUT2D eigenvalue weighted by Gasteiger charge is -2.00. The maximum atomic E-state index is 10.4. The van der Waals surface area contributed by atoms with Crippen LogP contribution in [0, 0.1) is 0 Å². The molecule has 0 bridgehead atoms. The molecule has 0 amide bonds. The van der Waals surface area contributed by atoms with Crippen molar-refractivity contribution in [3.63, 3.8) is 0 Å². The zero-order valence-corrected chi connectivity index (χ0v) is 7.22. The van der Waals surface area contributed by atoms with Gasteiger partial charge in [0.1, 0.15) is 0 Å². The van der Waals surface area contributed by atoms with E-state index >= 15 is 0 Å². The van der Waals surface area contributed by atoms with Gasteiger partial charge in [0.15, 0.2) is 11.5 Å². The molecular formula is C8H10MgO6. The molecule has 7 heteroatoms. The van der Waals surface area contributed by atoms with E-state index in [4.69, 9.17) is 20.1 Å². The summed E-state index contributed by atoms with van der Waals surface area (Å²) in [6.45, 7) is 1.08. The fourth-order valence-corrected chi connectivity index (χ4v) is 0.538. The van der Waals surface area contributed by atoms with Crippen LogP contribution < -0.4 is 0 Å². The maximum absolute atomic E-state index is 10.4. The number of hydrogen-bond donors (Lipinski definition) is 3. The Hall–Kier alpha value is -1.34. The average Bonchev–Trinajstić information content (AvgIpc) is 2.00. The average molecular weight is 226 g/mol. The Labute approximate surface area is 101 Å². The standard InChI is InChI=1S/C6H4O4.C2H4O2.Mg.2H/c7-3-1-4(8)6(10)2-5(3)9;1-2(3)4;;;/h1-2,7,10H;1H3,(H,3,4);;;. The van der Waals surface area contributed by atoms with Crippen molar-refractivity contribution in [3.8, 4) is 0 Å². The van der Waals surface area contributed by atoms with Crippen LogP contribution in [0.1, 0.15) is 6.92 Å². The van der Waals surface area contributed by atoms with Gasteiger partial charge in [-0.05, 0) is 0 Å². The molecule has 0 aromatic rings. The van der Waals surface area contributed by atoms with Crippen LogP contribution in [0.3, 0.4) is 0 Å². The topological polar surface area (TPSA) is 112 Å². The largest absolute Gasteiger partial charge is 0.504 e. The zero-order chi connectivity index (χ0) is 11.3. The van der Waals surface area contributed by atoms with Crippen molar-refractivity contribution < 1.29 is 29.7 Å². The summed E-state index contributed by atoms with van der Waals surface area (Å²) in [4.78, 5) is 29.9. The lowest BCUT2D eigenvalue weighted by molar-refractivity contribution is -0.134. The number of aliphatic carboxylic acids is 1. The van der Waals surface area contributed by atoms with Crippen LogP contribution in [0.15, 0.2) is 23.7 Å². The second kappa shape index (κ2) is 7.02. The third-order valence-corrected chi connectivity index (χ3v) is 1.04. The molecule has 0 fully saturated rings. The first-order chi connectivity index (χ1) is 6.34. The first-order valence-electron chi connectivity index (χ1n) is 3.44. The van der Waals surface area contributed by atoms with E-state index in [9.17, 15) is 9.59 Å². The number of rotatable bonds is 0. The minimum absolute atomic E-state index is 0. The van der Waals surface area contributed by atoms with E-state index in [1.165, 1.54) is 0 Å². The fraction of sp³-hybridized carbons (Fsp3) is 0.125. The second-order valence-corrected chi connectivity index (χ2v) is 2.31. The SMILES string of the molecule is CC(=O)O.O=C1C=C(O)C(=O)C=C1O.[MgH2]. The minimum Gasteiger partial charge on any atom is -0.504 e. The van der Waals surface area contributed by atoms with Crippen molar-refractivity contribution in [2.75, 3.05) is 0 Å². The van der Waals surface area contributed by atoms with Crippen LogP contribution >= 0.6 is 0 Å². The molecule has 1 rings (SSSR count). The number of carbonyl (C=O) groups is 3. The fourth-order valence-electron chi connectivity index (χ4n) is 0.538. The van der Waals surface area contributed by atoms with Crippen LogP contribution in [0.4, 0.5) is 0 Å². The van der Waals surface area contributed by atoms with Crippen molar-refractivity contribution in [3.05, 3.63) is 23.7 Å². The molecule has 0 aliphatic heterocycles. The van der Waals surface area contributed by atoms with Gasteiger partial charge < -0.3 is 15.3 Å². The molecule has 0 radical (unpaired) electrons. The van der Waals surface area contributed by atoms with Crippen LogP contribution in [0.2, 0.25) is 0 Å². The second-order valence-electron chi connectivity index (χ2n) is 2.31. The molecular weight excluding hydrogens is 216 g/mol. The first kappa shape index (κ1) is 16.1. The third kappa shape index (κ3) is 6.69. The van der Waals surface area contributed by atoms with E-state index in [0.717, 1.165) is 6.92 Å². The predicted octanol–water partition coefficient (Wildman–Crippen LogP) is -0.803. The van der Waals surface area contributed by atoms with Crippen molar-refractivity contribution in [2.24, 2.45) is 0 Å². The van der Waals surface area contributed by atoms with E-state index in [0.29, 0.717) is 12.2 Å². The maximum Gasteiger partial charge on any atom is 0.316 e. The summed E-state index contributed by atoms with van der Waals surface area (Å²) >= 11 is 0. The molecule has 1 aliphatic carbocycles. The molecule has 15 heavy (non-hydrogen) atoms. The smallest absolute Gasteiger partial charge is 0.316 e. The molecule has 0 saturated carbocycles. The molecule has 0 spiro atoms. The van der Waals surface area contributed by atoms with Crippen LogP contribution in [0.5, 0.6) is 0 Å². The molecule has 0 heterocycles. The Morgan fingerprint density at radius 2 is 1.27 bits per heavy atom. The highest BCUT2D eigenvalue weighted by atomic mass is 24.3. The molecule has 0 aromatic heterocycles. The third-order valence-electron chi connectivity index (χ3n) is 1.04. The summed E-state index contributed by atoms with van der Waals surface area (Å²) in [6.07, 6.45) is 1.36. The van der Waals surface area contributed by atoms with Gasteiger partial charge in [0.25, 0.3) is 5.97 Å². The Kier molecular flexibility index (Phi) is 7.53. The molecule has 0 aromatic carbocycles. The number of allylic oxidation sites excluding steroid dienone is 2. The Balaban J connectivity index is 0. The van der Waals surface area contributed by atoms with Crippen LogP contribution in [0.25, 0.3) is 0 Å². The Bertz CT molecular complexity index is 309. The van der Waals surface area contributed by atoms with E-state index < -0.39 is 29.1 Å². The molecule has 0 saturated heterocycles. The van der Waals surface area contributed by atoms with E-state index in [2.05, 4.69) is 0 Å². The highest BCUT2D eigenvalue weighted by Gasteiger charge is 2.17. The number of hydrogen-bond acceptors (Lipinski definition) is 5. The summed E-state index contributed by atoms with van der Waals surface area (Å²) in [5, 5.41) is 24.6. The van der Waals surface area contributed by atoms with Crippen molar-refractivity contribution >= 4 is 40.6 Å². The highest BCUT2D eigenvalue weighted by Crippen LogP contribution is 2.05. The summed E-state index contributed by atoms with van der Waals surface area (Å²) in [6, 6.07) is 0. The summed E-state index contributed by atoms with van der Waals surface area (Å²) < 4.78 is 0. The van der Waals surface area contributed by atoms with Crippen molar-refractivity contribution in [2.45, 2.75) is 6.92 Å². The van der Waals surface area contributed by atoms with E-state index in [1.807, 2.05) is 0 Å². The first-order valence-corrected chi connectivity index (χ1v) is 3.44. The quantitative estimate of drug-likeness (QED) is 0.368. The number of ketones is 2. The number of aliphatic hydroxyl groups is 2. The molecule has 0 unspecified atom stereocenters. The Morgan fingerprint density at radius 1 is 1.07 bits per heavy atom. The van der Waals surface area contributed by atoms with Gasteiger partial charge in [0, 0.05) is 19.1 Å². The molecule has 0 atom stereocenters. The lowest BCUT2D eigenvalue weighted by Crippen LogP contribution is -2.12. The van der Waals surface area contributed by atoms with E-state index in [1.54, 1.807) is 0 Å². The number of carbonyl (C=O) groups excluding carboxylic acids is 2. The van der Waals surface area contributed by atoms with Gasteiger partial charge in [-0.2, -0.15) is 0 Å². The molecule has 1 aliphatic rings. The van der Waals surface area contributed by atoms with Crippen LogP contribution in [-0.4, -0.2) is 55.9 Å². The van der Waals surface area contributed by atoms with Gasteiger partial charge in [0.2, 0.25) is 11.6 Å². The Morgan fingerprint density at radius 3 is 1.47 bits per heavy atom. The van der Waals surface area contributed by atoms with Gasteiger partial charge in [-0.15, -0.1) is 0 Å². The van der Waals surface area contributed by atoms with Gasteiger partial charge in [0.05, 0.1) is 0 Å². The van der Waals surface area contributed by atoms with Gasteiger partial charge in [-0.3, -0.25) is 14.4 Å². The number of aliphatic hydroxyl groups excluding tert-OH is 2. The normalized spacial score (nSPS) is 13.9. The lowest BCUT2D eigenvalue weighted by atomic mass is 10.1. The minimum atomic E-state index is -0.833. The molecule has 80 valence electrons. The highest BCUT2D eigenvalue weighted by molar-refractivity contribution is 6.17. The van der Waals surface area contributed by atoms with Crippen LogP contribution in [-0.2, 0) is 14.4 Å². The number of carboxylic acid groups (broad SMARTS) is 1. The van der Waals surface area contributed by atoms with Gasteiger partial charge in [-0.25, -0.2) is 0 Å². The van der Waals surface area contributed by atoms with Gasteiger partial charge >= 0.3 is 23.1 Å². The predicted molar refractivity (Wildman–Crippen MR) is 53.3 cm³/mol. The summed E-state index contributed by atoms with van der Waals surface area (Å²) in [5.41, 5.74) is 0. The number of carboxylic acids is 1. The molecule has 6 nitrogen and oxygen atoms in total. The van der Waals surface area contributed by atoms with Gasteiger partial charge in [-0.1, -0.05) is 0 Å². The molecule has 3 N–H and O–H groups in total.